The fraction of sp³-hybridized carbons (Fsp3) is 0.500. The van der Waals surface area contributed by atoms with Gasteiger partial charge in [-0.2, -0.15) is 0 Å². The molecule has 1 aromatic rings. The van der Waals surface area contributed by atoms with Crippen molar-refractivity contribution < 1.29 is 8.42 Å². The molecule has 0 aliphatic heterocycles. The maximum atomic E-state index is 11.4. The minimum Gasteiger partial charge on any atom is -0.399 e. The first-order valence-corrected chi connectivity index (χ1v) is 7.54. The topological polar surface area (TPSA) is 89.4 Å². The van der Waals surface area contributed by atoms with Gasteiger partial charge in [0.15, 0.2) is 0 Å². The molecule has 6 heteroatoms. The van der Waals surface area contributed by atoms with Crippen molar-refractivity contribution in [2.24, 2.45) is 5.14 Å². The third-order valence-corrected chi connectivity index (χ3v) is 3.93. The summed E-state index contributed by atoms with van der Waals surface area (Å²) in [5.41, 5.74) is 6.93. The molecule has 1 rings (SSSR count). The van der Waals surface area contributed by atoms with Crippen LogP contribution >= 0.6 is 0 Å². The Morgan fingerprint density at radius 3 is 2.33 bits per heavy atom. The zero-order valence-electron chi connectivity index (χ0n) is 11.1. The summed E-state index contributed by atoms with van der Waals surface area (Å²) in [4.78, 5) is 2.16. The standard InChI is InChI=1S/C12H21N3O2S/c1-4-9(3)15(5-2)11-6-10(13)7-12(8-11)18(14,16)17/h6-9H,4-5,13H2,1-3H3,(H2,14,16,17). The van der Waals surface area contributed by atoms with Crippen LogP contribution in [0, 0.1) is 0 Å². The highest BCUT2D eigenvalue weighted by Crippen LogP contribution is 2.25. The Bertz CT molecular complexity index is 514. The maximum absolute atomic E-state index is 11.4. The van der Waals surface area contributed by atoms with Gasteiger partial charge in [0.25, 0.3) is 0 Å². The van der Waals surface area contributed by atoms with Crippen LogP contribution in [0.25, 0.3) is 0 Å². The quantitative estimate of drug-likeness (QED) is 0.795. The summed E-state index contributed by atoms with van der Waals surface area (Å²) >= 11 is 0. The van der Waals surface area contributed by atoms with Gasteiger partial charge in [0, 0.05) is 24.0 Å². The SMILES string of the molecule is CCC(C)N(CC)c1cc(N)cc(S(N)(=O)=O)c1. The monoisotopic (exact) mass is 271 g/mol. The lowest BCUT2D eigenvalue weighted by Gasteiger charge is -2.30. The smallest absolute Gasteiger partial charge is 0.238 e. The molecule has 5 nitrogen and oxygen atoms in total. The summed E-state index contributed by atoms with van der Waals surface area (Å²) in [6.07, 6.45) is 0.966. The lowest BCUT2D eigenvalue weighted by molar-refractivity contribution is 0.597. The molecule has 18 heavy (non-hydrogen) atoms. The summed E-state index contributed by atoms with van der Waals surface area (Å²) in [5.74, 6) is 0. The van der Waals surface area contributed by atoms with E-state index in [9.17, 15) is 8.42 Å². The normalized spacial score (nSPS) is 13.3. The van der Waals surface area contributed by atoms with Gasteiger partial charge in [0.05, 0.1) is 4.90 Å². The van der Waals surface area contributed by atoms with Crippen LogP contribution in [-0.2, 0) is 10.0 Å². The van der Waals surface area contributed by atoms with Crippen molar-refractivity contribution in [2.75, 3.05) is 17.2 Å². The van der Waals surface area contributed by atoms with Gasteiger partial charge in [-0.1, -0.05) is 6.92 Å². The highest BCUT2D eigenvalue weighted by atomic mass is 32.2. The number of sulfonamides is 1. The molecular formula is C12H21N3O2S. The van der Waals surface area contributed by atoms with E-state index in [1.165, 1.54) is 6.07 Å². The summed E-state index contributed by atoms with van der Waals surface area (Å²) in [5, 5.41) is 5.14. The first-order valence-electron chi connectivity index (χ1n) is 5.99. The second-order valence-electron chi connectivity index (χ2n) is 4.35. The van der Waals surface area contributed by atoms with Crippen LogP contribution in [0.15, 0.2) is 23.1 Å². The second kappa shape index (κ2) is 5.58. The number of hydrogen-bond donors (Lipinski definition) is 2. The Kier molecular flexibility index (Phi) is 4.59. The fourth-order valence-corrected chi connectivity index (χ4v) is 2.49. The molecule has 0 saturated carbocycles. The average Bonchev–Trinajstić information content (AvgIpc) is 2.27. The molecule has 0 spiro atoms. The number of nitrogens with zero attached hydrogens (tertiary/aromatic N) is 1. The van der Waals surface area contributed by atoms with Crippen LogP contribution in [0.1, 0.15) is 27.2 Å². The van der Waals surface area contributed by atoms with Gasteiger partial charge >= 0.3 is 0 Å². The van der Waals surface area contributed by atoms with Crippen LogP contribution in [0.4, 0.5) is 11.4 Å². The zero-order chi connectivity index (χ0) is 13.9. The third kappa shape index (κ3) is 3.36. The van der Waals surface area contributed by atoms with E-state index in [4.69, 9.17) is 10.9 Å². The number of benzene rings is 1. The number of anilines is 2. The number of rotatable bonds is 5. The Morgan fingerprint density at radius 2 is 1.89 bits per heavy atom. The molecule has 0 amide bonds. The number of nitrogens with two attached hydrogens (primary N) is 2. The lowest BCUT2D eigenvalue weighted by Crippen LogP contribution is -2.32. The van der Waals surface area contributed by atoms with Gasteiger partial charge < -0.3 is 10.6 Å². The van der Waals surface area contributed by atoms with Crippen LogP contribution < -0.4 is 15.8 Å². The predicted molar refractivity (Wildman–Crippen MR) is 75.0 cm³/mol. The van der Waals surface area contributed by atoms with Gasteiger partial charge in [-0.25, -0.2) is 13.6 Å². The van der Waals surface area contributed by atoms with E-state index < -0.39 is 10.0 Å². The molecule has 4 N–H and O–H groups in total. The highest BCUT2D eigenvalue weighted by molar-refractivity contribution is 7.89. The molecule has 0 saturated heterocycles. The number of primary sulfonamides is 1. The van der Waals surface area contributed by atoms with Gasteiger partial charge in [-0.05, 0) is 38.5 Å². The van der Waals surface area contributed by atoms with Crippen molar-refractivity contribution in [3.63, 3.8) is 0 Å². The molecule has 1 atom stereocenters. The maximum Gasteiger partial charge on any atom is 0.238 e. The van der Waals surface area contributed by atoms with Gasteiger partial charge in [0.1, 0.15) is 0 Å². The summed E-state index contributed by atoms with van der Waals surface area (Å²) < 4.78 is 22.8. The fourth-order valence-electron chi connectivity index (χ4n) is 1.90. The molecular weight excluding hydrogens is 250 g/mol. The average molecular weight is 271 g/mol. The summed E-state index contributed by atoms with van der Waals surface area (Å²) in [6, 6.07) is 5.03. The molecule has 1 unspecified atom stereocenters. The van der Waals surface area contributed by atoms with Crippen molar-refractivity contribution in [3.8, 4) is 0 Å². The van der Waals surface area contributed by atoms with Crippen LogP contribution in [0.2, 0.25) is 0 Å². The summed E-state index contributed by atoms with van der Waals surface area (Å²) in [6.45, 7) is 6.97. The number of hydrogen-bond acceptors (Lipinski definition) is 4. The van der Waals surface area contributed by atoms with Crippen molar-refractivity contribution in [2.45, 2.75) is 38.1 Å². The second-order valence-corrected chi connectivity index (χ2v) is 5.91. The van der Waals surface area contributed by atoms with Crippen molar-refractivity contribution in [1.29, 1.82) is 0 Å². The van der Waals surface area contributed by atoms with E-state index in [2.05, 4.69) is 18.7 Å². The van der Waals surface area contributed by atoms with E-state index >= 15 is 0 Å². The molecule has 0 aliphatic carbocycles. The highest BCUT2D eigenvalue weighted by Gasteiger charge is 2.15. The Balaban J connectivity index is 3.28. The van der Waals surface area contributed by atoms with Gasteiger partial charge in [0.2, 0.25) is 10.0 Å². The molecule has 1 aromatic carbocycles. The van der Waals surface area contributed by atoms with Crippen LogP contribution in [0.5, 0.6) is 0 Å². The van der Waals surface area contributed by atoms with Gasteiger partial charge in [-0.3, -0.25) is 0 Å². The van der Waals surface area contributed by atoms with Crippen molar-refractivity contribution in [1.82, 2.24) is 0 Å². The van der Waals surface area contributed by atoms with E-state index in [0.717, 1.165) is 18.7 Å². The largest absolute Gasteiger partial charge is 0.399 e. The predicted octanol–water partition coefficient (Wildman–Crippen LogP) is 1.54. The molecule has 102 valence electrons. The molecule has 0 aliphatic rings. The van der Waals surface area contributed by atoms with Crippen molar-refractivity contribution in [3.05, 3.63) is 18.2 Å². The Hall–Kier alpha value is -1.27. The number of nitrogen functional groups attached to an aromatic ring is 1. The molecule has 0 aromatic heterocycles. The van der Waals surface area contributed by atoms with Crippen LogP contribution in [0.3, 0.4) is 0 Å². The van der Waals surface area contributed by atoms with Crippen LogP contribution in [-0.4, -0.2) is 21.0 Å². The minimum absolute atomic E-state index is 0.0549. The van der Waals surface area contributed by atoms with E-state index in [-0.39, 0.29) is 4.90 Å². The Labute approximate surface area is 109 Å². The van der Waals surface area contributed by atoms with Gasteiger partial charge in [-0.15, -0.1) is 0 Å². The molecule has 0 heterocycles. The van der Waals surface area contributed by atoms with Crippen molar-refractivity contribution >= 4 is 21.4 Å². The third-order valence-electron chi connectivity index (χ3n) is 3.04. The summed E-state index contributed by atoms with van der Waals surface area (Å²) in [7, 11) is -3.73. The van der Waals surface area contributed by atoms with E-state index in [1.54, 1.807) is 12.1 Å². The zero-order valence-corrected chi connectivity index (χ0v) is 11.9. The first kappa shape index (κ1) is 14.8. The Morgan fingerprint density at radius 1 is 1.28 bits per heavy atom. The lowest BCUT2D eigenvalue weighted by atomic mass is 10.1. The molecule has 0 fully saturated rings. The molecule has 0 bridgehead atoms. The minimum atomic E-state index is -3.73. The first-order chi connectivity index (χ1) is 8.29. The van der Waals surface area contributed by atoms with E-state index in [1.807, 2.05) is 6.92 Å². The molecule has 0 radical (unpaired) electrons. The van der Waals surface area contributed by atoms with E-state index in [0.29, 0.717) is 11.7 Å².